The zero-order valence-corrected chi connectivity index (χ0v) is 8.23. The van der Waals surface area contributed by atoms with Crippen molar-refractivity contribution in [3.05, 3.63) is 29.1 Å². The summed E-state index contributed by atoms with van der Waals surface area (Å²) in [4.78, 5) is 0. The van der Waals surface area contributed by atoms with Crippen molar-refractivity contribution in [2.24, 2.45) is 0 Å². The van der Waals surface area contributed by atoms with Crippen LogP contribution in [0.3, 0.4) is 0 Å². The second-order valence-corrected chi connectivity index (χ2v) is 3.40. The smallest absolute Gasteiger partial charge is 0.146 e. The minimum absolute atomic E-state index is 0.261. The number of nitrogen functional groups attached to an aromatic ring is 1. The Morgan fingerprint density at radius 2 is 2.08 bits per heavy atom. The fourth-order valence-corrected chi connectivity index (χ4v) is 1.37. The van der Waals surface area contributed by atoms with Crippen LogP contribution in [-0.4, -0.2) is 0 Å². The van der Waals surface area contributed by atoms with Crippen LogP contribution in [0.2, 0.25) is 0 Å². The molecule has 1 rings (SSSR count). The van der Waals surface area contributed by atoms with Crippen molar-refractivity contribution in [3.8, 4) is 0 Å². The van der Waals surface area contributed by atoms with Crippen LogP contribution < -0.4 is 5.73 Å². The number of aryl methyl sites for hydroxylation is 2. The van der Waals surface area contributed by atoms with E-state index in [-0.39, 0.29) is 11.5 Å². The summed E-state index contributed by atoms with van der Waals surface area (Å²) in [6.45, 7) is 4.07. The van der Waals surface area contributed by atoms with Gasteiger partial charge in [0.2, 0.25) is 0 Å². The minimum atomic E-state index is -0.308. The van der Waals surface area contributed by atoms with Gasteiger partial charge in [0.15, 0.2) is 0 Å². The Labute approximate surface area is 78.8 Å². The lowest BCUT2D eigenvalue weighted by atomic mass is 10.0. The van der Waals surface area contributed by atoms with E-state index in [4.69, 9.17) is 5.73 Å². The average molecular weight is 181 g/mol. The molecule has 0 spiro atoms. The van der Waals surface area contributed by atoms with Gasteiger partial charge in [-0.2, -0.15) is 0 Å². The van der Waals surface area contributed by atoms with Gasteiger partial charge in [0, 0.05) is 0 Å². The standard InChI is InChI=1S/C11H16FN/c1-3-4-5-9-7-11(13)10(12)6-8(9)2/h6-7H,3-5,13H2,1-2H3. The van der Waals surface area contributed by atoms with E-state index in [0.29, 0.717) is 0 Å². The first-order chi connectivity index (χ1) is 6.15. The Kier molecular flexibility index (Phi) is 3.29. The second-order valence-electron chi connectivity index (χ2n) is 3.40. The molecule has 0 saturated heterocycles. The van der Waals surface area contributed by atoms with Crippen molar-refractivity contribution in [2.75, 3.05) is 5.73 Å². The SMILES string of the molecule is CCCCc1cc(N)c(F)cc1C. The third-order valence-corrected chi connectivity index (χ3v) is 2.25. The summed E-state index contributed by atoms with van der Waals surface area (Å²) in [6, 6.07) is 3.26. The number of anilines is 1. The number of hydrogen-bond acceptors (Lipinski definition) is 1. The molecular weight excluding hydrogens is 165 g/mol. The van der Waals surface area contributed by atoms with Crippen LogP contribution in [0.1, 0.15) is 30.9 Å². The van der Waals surface area contributed by atoms with Gasteiger partial charge in [-0.25, -0.2) is 4.39 Å². The Morgan fingerprint density at radius 3 is 2.69 bits per heavy atom. The molecule has 0 saturated carbocycles. The molecule has 1 aromatic carbocycles. The fourth-order valence-electron chi connectivity index (χ4n) is 1.37. The summed E-state index contributed by atoms with van der Waals surface area (Å²) in [5.74, 6) is -0.308. The maximum absolute atomic E-state index is 13.0. The van der Waals surface area contributed by atoms with Gasteiger partial charge in [0.25, 0.3) is 0 Å². The molecule has 0 aliphatic heterocycles. The molecule has 0 radical (unpaired) electrons. The van der Waals surface area contributed by atoms with Crippen molar-refractivity contribution in [1.82, 2.24) is 0 Å². The van der Waals surface area contributed by atoms with E-state index in [1.165, 1.54) is 11.6 Å². The van der Waals surface area contributed by atoms with Gasteiger partial charge >= 0.3 is 0 Å². The molecule has 72 valence electrons. The van der Waals surface area contributed by atoms with Gasteiger partial charge in [0.1, 0.15) is 5.82 Å². The Hall–Kier alpha value is -1.05. The molecule has 2 heteroatoms. The van der Waals surface area contributed by atoms with Crippen molar-refractivity contribution in [3.63, 3.8) is 0 Å². The van der Waals surface area contributed by atoms with Gasteiger partial charge in [-0.1, -0.05) is 13.3 Å². The van der Waals surface area contributed by atoms with E-state index in [9.17, 15) is 4.39 Å². The van der Waals surface area contributed by atoms with Crippen molar-refractivity contribution < 1.29 is 4.39 Å². The quantitative estimate of drug-likeness (QED) is 0.712. The number of halogens is 1. The molecule has 0 unspecified atom stereocenters. The van der Waals surface area contributed by atoms with Crippen LogP contribution >= 0.6 is 0 Å². The van der Waals surface area contributed by atoms with Gasteiger partial charge in [-0.05, 0) is 43.0 Å². The first-order valence-corrected chi connectivity index (χ1v) is 4.69. The van der Waals surface area contributed by atoms with E-state index in [0.717, 1.165) is 24.8 Å². The molecule has 0 amide bonds. The maximum atomic E-state index is 13.0. The van der Waals surface area contributed by atoms with Crippen LogP contribution in [0.4, 0.5) is 10.1 Å². The van der Waals surface area contributed by atoms with Crippen LogP contribution in [0.15, 0.2) is 12.1 Å². The zero-order valence-electron chi connectivity index (χ0n) is 8.23. The summed E-state index contributed by atoms with van der Waals surface area (Å²) in [6.07, 6.45) is 3.27. The lowest BCUT2D eigenvalue weighted by molar-refractivity contribution is 0.630. The number of benzene rings is 1. The van der Waals surface area contributed by atoms with E-state index in [1.807, 2.05) is 6.92 Å². The van der Waals surface area contributed by atoms with E-state index >= 15 is 0 Å². The zero-order chi connectivity index (χ0) is 9.84. The molecule has 1 nitrogen and oxygen atoms in total. The third-order valence-electron chi connectivity index (χ3n) is 2.25. The van der Waals surface area contributed by atoms with Gasteiger partial charge < -0.3 is 5.73 Å². The molecule has 0 fully saturated rings. The molecule has 0 atom stereocenters. The highest BCUT2D eigenvalue weighted by molar-refractivity contribution is 5.45. The molecular formula is C11H16FN. The first kappa shape index (κ1) is 10.0. The Bertz CT molecular complexity index is 294. The number of nitrogens with two attached hydrogens (primary N) is 1. The molecule has 13 heavy (non-hydrogen) atoms. The van der Waals surface area contributed by atoms with E-state index < -0.39 is 0 Å². The molecule has 0 aliphatic carbocycles. The average Bonchev–Trinajstić information content (AvgIpc) is 2.09. The first-order valence-electron chi connectivity index (χ1n) is 4.69. The summed E-state index contributed by atoms with van der Waals surface area (Å²) in [5.41, 5.74) is 7.91. The Balaban J connectivity index is 2.88. The lowest BCUT2D eigenvalue weighted by Crippen LogP contribution is -1.96. The molecule has 0 bridgehead atoms. The third kappa shape index (κ3) is 2.44. The summed E-state index contributed by atoms with van der Waals surface area (Å²) in [7, 11) is 0. The van der Waals surface area contributed by atoms with Crippen molar-refractivity contribution in [1.29, 1.82) is 0 Å². The van der Waals surface area contributed by atoms with Gasteiger partial charge in [-0.3, -0.25) is 0 Å². The topological polar surface area (TPSA) is 26.0 Å². The molecule has 0 aliphatic rings. The highest BCUT2D eigenvalue weighted by atomic mass is 19.1. The highest BCUT2D eigenvalue weighted by Crippen LogP contribution is 2.18. The fraction of sp³-hybridized carbons (Fsp3) is 0.455. The van der Waals surface area contributed by atoms with Crippen LogP contribution in [0, 0.1) is 12.7 Å². The summed E-state index contributed by atoms with van der Waals surface area (Å²) in [5, 5.41) is 0. The second kappa shape index (κ2) is 4.26. The number of hydrogen-bond donors (Lipinski definition) is 1. The molecule has 0 heterocycles. The van der Waals surface area contributed by atoms with Crippen molar-refractivity contribution in [2.45, 2.75) is 33.1 Å². The Morgan fingerprint density at radius 1 is 1.38 bits per heavy atom. The van der Waals surface area contributed by atoms with Crippen molar-refractivity contribution >= 4 is 5.69 Å². The summed E-state index contributed by atoms with van der Waals surface area (Å²) >= 11 is 0. The van der Waals surface area contributed by atoms with Crippen LogP contribution in [-0.2, 0) is 6.42 Å². The largest absolute Gasteiger partial charge is 0.396 e. The maximum Gasteiger partial charge on any atom is 0.146 e. The monoisotopic (exact) mass is 181 g/mol. The predicted molar refractivity (Wildman–Crippen MR) is 54.2 cm³/mol. The van der Waals surface area contributed by atoms with E-state index in [2.05, 4.69) is 6.92 Å². The molecule has 1 aromatic rings. The van der Waals surface area contributed by atoms with Gasteiger partial charge in [-0.15, -0.1) is 0 Å². The predicted octanol–water partition coefficient (Wildman–Crippen LogP) is 3.06. The van der Waals surface area contributed by atoms with Crippen LogP contribution in [0.25, 0.3) is 0 Å². The normalized spacial score (nSPS) is 10.4. The molecule has 2 N–H and O–H groups in total. The lowest BCUT2D eigenvalue weighted by Gasteiger charge is -2.06. The number of rotatable bonds is 3. The number of unbranched alkanes of at least 4 members (excludes halogenated alkanes) is 1. The summed E-state index contributed by atoms with van der Waals surface area (Å²) < 4.78 is 13.0. The minimum Gasteiger partial charge on any atom is -0.396 e. The molecule has 0 aromatic heterocycles. The van der Waals surface area contributed by atoms with Crippen LogP contribution in [0.5, 0.6) is 0 Å². The highest BCUT2D eigenvalue weighted by Gasteiger charge is 2.03. The van der Waals surface area contributed by atoms with Gasteiger partial charge in [0.05, 0.1) is 5.69 Å². The van der Waals surface area contributed by atoms with E-state index in [1.54, 1.807) is 6.07 Å².